The third-order valence-electron chi connectivity index (χ3n) is 4.23. The summed E-state index contributed by atoms with van der Waals surface area (Å²) in [5.41, 5.74) is 6.76. The number of aryl methyl sites for hydroxylation is 1. The number of esters is 1. The number of nitrogens with zero attached hydrogens (tertiary/aromatic N) is 1. The molecule has 112 valence electrons. The van der Waals surface area contributed by atoms with Gasteiger partial charge in [-0.1, -0.05) is 5.16 Å². The molecule has 0 radical (unpaired) electrons. The summed E-state index contributed by atoms with van der Waals surface area (Å²) in [5, 5.41) is 3.82. The van der Waals surface area contributed by atoms with Crippen molar-refractivity contribution in [3.63, 3.8) is 0 Å². The maximum absolute atomic E-state index is 12.4. The van der Waals surface area contributed by atoms with Gasteiger partial charge in [-0.2, -0.15) is 0 Å². The van der Waals surface area contributed by atoms with Gasteiger partial charge in [-0.15, -0.1) is 0 Å². The maximum atomic E-state index is 12.4. The third kappa shape index (κ3) is 2.84. The molecule has 0 aliphatic rings. The smallest absolute Gasteiger partial charge is 0.339 e. The fourth-order valence-corrected chi connectivity index (χ4v) is 2.50. The van der Waals surface area contributed by atoms with Crippen molar-refractivity contribution in [2.45, 2.75) is 48.1 Å². The van der Waals surface area contributed by atoms with Crippen LogP contribution in [0.1, 0.15) is 49.6 Å². The van der Waals surface area contributed by atoms with Crippen molar-refractivity contribution in [3.05, 3.63) is 50.9 Å². The average Bonchev–Trinajstić information content (AvgIpc) is 2.86. The molecule has 0 amide bonds. The number of hydrogen-bond acceptors (Lipinski definition) is 4. The summed E-state index contributed by atoms with van der Waals surface area (Å²) in [6, 6.07) is 1.76. The zero-order valence-corrected chi connectivity index (χ0v) is 13.5. The highest BCUT2D eigenvalue weighted by Crippen LogP contribution is 2.26. The summed E-state index contributed by atoms with van der Waals surface area (Å²) in [5.74, 6) is 0.396. The Labute approximate surface area is 125 Å². The minimum Gasteiger partial charge on any atom is -0.455 e. The van der Waals surface area contributed by atoms with Crippen LogP contribution < -0.4 is 0 Å². The van der Waals surface area contributed by atoms with Crippen LogP contribution in [0.3, 0.4) is 0 Å². The minimum absolute atomic E-state index is 0.126. The normalized spacial score (nSPS) is 10.8. The van der Waals surface area contributed by atoms with E-state index in [0.717, 1.165) is 22.3 Å². The number of rotatable bonds is 3. The first-order chi connectivity index (χ1) is 9.82. The van der Waals surface area contributed by atoms with Gasteiger partial charge in [0.05, 0.1) is 5.56 Å². The number of carbonyl (C=O) groups is 1. The molecule has 0 aliphatic carbocycles. The summed E-state index contributed by atoms with van der Waals surface area (Å²) in [7, 11) is 0. The van der Waals surface area contributed by atoms with Crippen LogP contribution in [0, 0.1) is 41.5 Å². The van der Waals surface area contributed by atoms with E-state index in [4.69, 9.17) is 9.26 Å². The molecule has 0 unspecified atom stereocenters. The molecule has 0 N–H and O–H groups in total. The van der Waals surface area contributed by atoms with Crippen LogP contribution in [0.5, 0.6) is 0 Å². The van der Waals surface area contributed by atoms with E-state index in [9.17, 15) is 4.79 Å². The summed E-state index contributed by atoms with van der Waals surface area (Å²) in [6.07, 6.45) is 0. The number of hydrogen-bond donors (Lipinski definition) is 0. The molecular formula is C17H21NO3. The van der Waals surface area contributed by atoms with E-state index in [0.29, 0.717) is 17.0 Å². The Morgan fingerprint density at radius 1 is 1.00 bits per heavy atom. The third-order valence-corrected chi connectivity index (χ3v) is 4.23. The molecule has 1 aromatic carbocycles. The predicted molar refractivity (Wildman–Crippen MR) is 80.5 cm³/mol. The highest BCUT2D eigenvalue weighted by Gasteiger charge is 2.19. The number of carbonyl (C=O) groups excluding carboxylic acids is 1. The molecule has 2 rings (SSSR count). The first kappa shape index (κ1) is 15.3. The molecule has 0 saturated heterocycles. The second-order valence-electron chi connectivity index (χ2n) is 5.51. The van der Waals surface area contributed by atoms with Gasteiger partial charge < -0.3 is 9.26 Å². The summed E-state index contributed by atoms with van der Waals surface area (Å²) in [4.78, 5) is 12.4. The molecule has 0 saturated carbocycles. The van der Waals surface area contributed by atoms with Gasteiger partial charge >= 0.3 is 5.97 Å². The maximum Gasteiger partial charge on any atom is 0.339 e. The van der Waals surface area contributed by atoms with E-state index >= 15 is 0 Å². The van der Waals surface area contributed by atoms with Crippen molar-refractivity contribution in [3.8, 4) is 0 Å². The van der Waals surface area contributed by atoms with Crippen molar-refractivity contribution in [1.82, 2.24) is 5.16 Å². The molecule has 0 spiro atoms. The van der Waals surface area contributed by atoms with Gasteiger partial charge in [-0.05, 0) is 69.4 Å². The molecule has 0 bridgehead atoms. The zero-order valence-electron chi connectivity index (χ0n) is 13.5. The Morgan fingerprint density at radius 2 is 1.52 bits per heavy atom. The molecule has 0 fully saturated rings. The zero-order chi connectivity index (χ0) is 15.7. The molecule has 4 heteroatoms. The van der Waals surface area contributed by atoms with Gasteiger partial charge in [-0.25, -0.2) is 4.79 Å². The van der Waals surface area contributed by atoms with E-state index in [2.05, 4.69) is 12.1 Å². The van der Waals surface area contributed by atoms with Crippen molar-refractivity contribution in [1.29, 1.82) is 0 Å². The lowest BCUT2D eigenvalue weighted by Gasteiger charge is -2.17. The Bertz CT molecular complexity index is 669. The molecular weight excluding hydrogens is 266 g/mol. The van der Waals surface area contributed by atoms with Crippen molar-refractivity contribution >= 4 is 5.97 Å². The summed E-state index contributed by atoms with van der Waals surface area (Å²) < 4.78 is 10.3. The Hall–Kier alpha value is -2.10. The molecule has 4 nitrogen and oxygen atoms in total. The number of benzene rings is 1. The largest absolute Gasteiger partial charge is 0.455 e. The van der Waals surface area contributed by atoms with Gasteiger partial charge in [0.1, 0.15) is 18.1 Å². The minimum atomic E-state index is -0.308. The van der Waals surface area contributed by atoms with Gasteiger partial charge in [0.15, 0.2) is 0 Å². The van der Waals surface area contributed by atoms with Crippen molar-refractivity contribution in [2.75, 3.05) is 0 Å². The van der Waals surface area contributed by atoms with Gasteiger partial charge in [0, 0.05) is 6.07 Å². The number of ether oxygens (including phenoxy) is 1. The lowest BCUT2D eigenvalue weighted by atomic mass is 9.90. The van der Waals surface area contributed by atoms with Crippen LogP contribution in [0.25, 0.3) is 0 Å². The quantitative estimate of drug-likeness (QED) is 0.804. The highest BCUT2D eigenvalue weighted by atomic mass is 16.5. The van der Waals surface area contributed by atoms with E-state index < -0.39 is 0 Å². The Kier molecular flexibility index (Phi) is 4.16. The van der Waals surface area contributed by atoms with E-state index in [1.54, 1.807) is 13.0 Å². The fourth-order valence-electron chi connectivity index (χ4n) is 2.50. The molecule has 21 heavy (non-hydrogen) atoms. The van der Waals surface area contributed by atoms with Crippen LogP contribution in [-0.2, 0) is 11.3 Å². The van der Waals surface area contributed by atoms with Crippen LogP contribution >= 0.6 is 0 Å². The Balaban J connectivity index is 2.27. The van der Waals surface area contributed by atoms with Crippen molar-refractivity contribution < 1.29 is 14.1 Å². The topological polar surface area (TPSA) is 52.3 Å². The number of aromatic nitrogens is 1. The Morgan fingerprint density at radius 3 is 2.00 bits per heavy atom. The van der Waals surface area contributed by atoms with Crippen LogP contribution in [0.15, 0.2) is 10.6 Å². The molecule has 1 aromatic heterocycles. The SMILES string of the molecule is Cc1cc(COC(=O)c2c(C)c(C)c(C)c(C)c2C)no1. The average molecular weight is 287 g/mol. The monoisotopic (exact) mass is 287 g/mol. The van der Waals surface area contributed by atoms with Crippen LogP contribution in [0.4, 0.5) is 0 Å². The van der Waals surface area contributed by atoms with Gasteiger partial charge in [0.2, 0.25) is 0 Å². The van der Waals surface area contributed by atoms with E-state index in [1.807, 2.05) is 27.7 Å². The van der Waals surface area contributed by atoms with Crippen LogP contribution in [0.2, 0.25) is 0 Å². The lowest BCUT2D eigenvalue weighted by Crippen LogP contribution is -2.12. The van der Waals surface area contributed by atoms with E-state index in [1.165, 1.54) is 5.56 Å². The molecule has 0 atom stereocenters. The molecule has 2 aromatic rings. The second kappa shape index (κ2) is 5.72. The first-order valence-corrected chi connectivity index (χ1v) is 6.99. The molecule has 1 heterocycles. The van der Waals surface area contributed by atoms with Gasteiger partial charge in [0.25, 0.3) is 0 Å². The highest BCUT2D eigenvalue weighted by molar-refractivity contribution is 5.93. The standard InChI is InChI=1S/C17H21NO3/c1-9-7-15(18-21-9)8-20-17(19)16-13(5)11(3)10(2)12(4)14(16)6/h7H,8H2,1-6H3. The van der Waals surface area contributed by atoms with E-state index in [-0.39, 0.29) is 12.6 Å². The summed E-state index contributed by atoms with van der Waals surface area (Å²) in [6.45, 7) is 12.0. The predicted octanol–water partition coefficient (Wildman–Crippen LogP) is 3.88. The molecule has 0 aliphatic heterocycles. The second-order valence-corrected chi connectivity index (χ2v) is 5.51. The fraction of sp³-hybridized carbons (Fsp3) is 0.412. The van der Waals surface area contributed by atoms with Crippen LogP contribution in [-0.4, -0.2) is 11.1 Å². The summed E-state index contributed by atoms with van der Waals surface area (Å²) >= 11 is 0. The van der Waals surface area contributed by atoms with Crippen molar-refractivity contribution in [2.24, 2.45) is 0 Å². The lowest BCUT2D eigenvalue weighted by molar-refractivity contribution is 0.0462. The first-order valence-electron chi connectivity index (χ1n) is 6.99. The van der Waals surface area contributed by atoms with Gasteiger partial charge in [-0.3, -0.25) is 0 Å².